The van der Waals surface area contributed by atoms with Gasteiger partial charge in [-0.1, -0.05) is 18.2 Å². The summed E-state index contributed by atoms with van der Waals surface area (Å²) in [6.45, 7) is 2.92. The third-order valence-corrected chi connectivity index (χ3v) is 4.35. The van der Waals surface area contributed by atoms with Gasteiger partial charge in [0.1, 0.15) is 0 Å². The molecule has 0 N–H and O–H groups in total. The van der Waals surface area contributed by atoms with E-state index in [1.165, 1.54) is 0 Å². The molecule has 2 fully saturated rings. The van der Waals surface area contributed by atoms with Gasteiger partial charge in [0.15, 0.2) is 0 Å². The molecule has 3 heteroatoms. The van der Waals surface area contributed by atoms with Crippen molar-refractivity contribution in [2.75, 3.05) is 31.6 Å². The van der Waals surface area contributed by atoms with Crippen LogP contribution in [0, 0.1) is 5.41 Å². The molecule has 3 nitrogen and oxygen atoms in total. The molecule has 96 valence electrons. The molecule has 2 aliphatic heterocycles. The van der Waals surface area contributed by atoms with Crippen molar-refractivity contribution >= 4 is 11.6 Å². The maximum Gasteiger partial charge on any atom is 0.234 e. The monoisotopic (exact) mass is 244 g/mol. The zero-order valence-corrected chi connectivity index (χ0v) is 10.9. The zero-order valence-electron chi connectivity index (χ0n) is 10.9. The highest BCUT2D eigenvalue weighted by Gasteiger charge is 2.48. The predicted molar refractivity (Wildman–Crippen MR) is 72.6 cm³/mol. The molecule has 2 heterocycles. The van der Waals surface area contributed by atoms with Crippen molar-refractivity contribution in [1.29, 1.82) is 0 Å². The molecule has 1 unspecified atom stereocenters. The van der Waals surface area contributed by atoms with Gasteiger partial charge in [-0.3, -0.25) is 4.79 Å². The van der Waals surface area contributed by atoms with E-state index in [9.17, 15) is 4.79 Å². The van der Waals surface area contributed by atoms with E-state index in [0.29, 0.717) is 5.91 Å². The predicted octanol–water partition coefficient (Wildman–Crippen LogP) is 2.14. The Balaban J connectivity index is 1.84. The molecule has 2 aliphatic rings. The lowest BCUT2D eigenvalue weighted by Crippen LogP contribution is -2.46. The molecule has 3 rings (SSSR count). The van der Waals surface area contributed by atoms with E-state index in [2.05, 4.69) is 11.9 Å². The van der Waals surface area contributed by atoms with Gasteiger partial charge in [-0.2, -0.15) is 0 Å². The van der Waals surface area contributed by atoms with Crippen LogP contribution in [0.2, 0.25) is 0 Å². The van der Waals surface area contributed by atoms with Crippen LogP contribution in [0.25, 0.3) is 0 Å². The standard InChI is InChI=1S/C15H20N2O/c1-16-10-5-8-15(12-16)9-11-17(14(15)18)13-6-3-2-4-7-13/h2-4,6-7H,5,8-12H2,1H3. The number of carbonyl (C=O) groups is 1. The lowest BCUT2D eigenvalue weighted by Gasteiger charge is -2.37. The molecule has 1 spiro atoms. The highest BCUT2D eigenvalue weighted by Crippen LogP contribution is 2.41. The van der Waals surface area contributed by atoms with Crippen LogP contribution < -0.4 is 4.90 Å². The molecule has 1 amide bonds. The highest BCUT2D eigenvalue weighted by molar-refractivity contribution is 6.00. The normalized spacial score (nSPS) is 29.2. The Morgan fingerprint density at radius 2 is 1.89 bits per heavy atom. The molecule has 0 aliphatic carbocycles. The Hall–Kier alpha value is -1.35. The lowest BCUT2D eigenvalue weighted by molar-refractivity contribution is -0.128. The fourth-order valence-corrected chi connectivity index (χ4v) is 3.42. The van der Waals surface area contributed by atoms with Crippen molar-refractivity contribution in [3.05, 3.63) is 30.3 Å². The van der Waals surface area contributed by atoms with Crippen molar-refractivity contribution in [2.45, 2.75) is 19.3 Å². The van der Waals surface area contributed by atoms with Gasteiger partial charge in [0.05, 0.1) is 5.41 Å². The van der Waals surface area contributed by atoms with Gasteiger partial charge in [-0.05, 0) is 45.0 Å². The number of nitrogens with zero attached hydrogens (tertiary/aromatic N) is 2. The number of piperidine rings is 1. The van der Waals surface area contributed by atoms with Gasteiger partial charge < -0.3 is 9.80 Å². The fraction of sp³-hybridized carbons (Fsp3) is 0.533. The molecule has 0 bridgehead atoms. The molecular formula is C15H20N2O. The Bertz CT molecular complexity index is 445. The van der Waals surface area contributed by atoms with Gasteiger partial charge in [0.2, 0.25) is 5.91 Å². The number of benzene rings is 1. The second kappa shape index (κ2) is 4.39. The van der Waals surface area contributed by atoms with Crippen molar-refractivity contribution in [2.24, 2.45) is 5.41 Å². The number of anilines is 1. The summed E-state index contributed by atoms with van der Waals surface area (Å²) < 4.78 is 0. The van der Waals surface area contributed by atoms with Crippen molar-refractivity contribution in [1.82, 2.24) is 4.90 Å². The van der Waals surface area contributed by atoms with Crippen LogP contribution in [0.3, 0.4) is 0 Å². The maximum atomic E-state index is 12.7. The lowest BCUT2D eigenvalue weighted by atomic mass is 9.78. The summed E-state index contributed by atoms with van der Waals surface area (Å²) in [5.41, 5.74) is 0.940. The van der Waals surface area contributed by atoms with E-state index < -0.39 is 0 Å². The smallest absolute Gasteiger partial charge is 0.234 e. The Morgan fingerprint density at radius 3 is 2.61 bits per heavy atom. The average molecular weight is 244 g/mol. The quantitative estimate of drug-likeness (QED) is 0.755. The minimum absolute atomic E-state index is 0.108. The zero-order chi connectivity index (χ0) is 12.6. The highest BCUT2D eigenvalue weighted by atomic mass is 16.2. The first-order valence-electron chi connectivity index (χ1n) is 6.77. The molecule has 1 aromatic rings. The van der Waals surface area contributed by atoms with Crippen LogP contribution in [0.15, 0.2) is 30.3 Å². The molecular weight excluding hydrogens is 224 g/mol. The first-order chi connectivity index (χ1) is 8.71. The van der Waals surface area contributed by atoms with Crippen LogP contribution >= 0.6 is 0 Å². The van der Waals surface area contributed by atoms with E-state index in [4.69, 9.17) is 0 Å². The first-order valence-corrected chi connectivity index (χ1v) is 6.77. The fourth-order valence-electron chi connectivity index (χ4n) is 3.42. The van der Waals surface area contributed by atoms with Crippen LogP contribution in [-0.2, 0) is 4.79 Å². The maximum absolute atomic E-state index is 12.7. The molecule has 0 radical (unpaired) electrons. The molecule has 1 atom stereocenters. The van der Waals surface area contributed by atoms with Crippen LogP contribution in [-0.4, -0.2) is 37.5 Å². The number of hydrogen-bond acceptors (Lipinski definition) is 2. The second-order valence-electron chi connectivity index (χ2n) is 5.66. The largest absolute Gasteiger partial charge is 0.312 e. The van der Waals surface area contributed by atoms with E-state index in [-0.39, 0.29) is 5.41 Å². The molecule has 0 aromatic heterocycles. The molecule has 1 aromatic carbocycles. The average Bonchev–Trinajstić information content (AvgIpc) is 2.68. The number of rotatable bonds is 1. The number of amides is 1. The Labute approximate surface area is 108 Å². The number of para-hydroxylation sites is 1. The van der Waals surface area contributed by atoms with Gasteiger partial charge in [0, 0.05) is 18.8 Å². The van der Waals surface area contributed by atoms with Gasteiger partial charge >= 0.3 is 0 Å². The number of likely N-dealkylation sites (tertiary alicyclic amines) is 1. The van der Waals surface area contributed by atoms with Gasteiger partial charge in [-0.25, -0.2) is 0 Å². The van der Waals surface area contributed by atoms with Gasteiger partial charge in [-0.15, -0.1) is 0 Å². The SMILES string of the molecule is CN1CCCC2(CCN(c3ccccc3)C2=O)C1. The van der Waals surface area contributed by atoms with E-state index in [1.807, 2.05) is 35.2 Å². The summed E-state index contributed by atoms with van der Waals surface area (Å²) in [5, 5.41) is 0. The summed E-state index contributed by atoms with van der Waals surface area (Å²) in [6.07, 6.45) is 3.20. The molecule has 18 heavy (non-hydrogen) atoms. The topological polar surface area (TPSA) is 23.6 Å². The van der Waals surface area contributed by atoms with E-state index in [0.717, 1.165) is 44.6 Å². The second-order valence-corrected chi connectivity index (χ2v) is 5.66. The minimum atomic E-state index is -0.108. The number of hydrogen-bond donors (Lipinski definition) is 0. The Kier molecular flexibility index (Phi) is 2.86. The van der Waals surface area contributed by atoms with Gasteiger partial charge in [0.25, 0.3) is 0 Å². The van der Waals surface area contributed by atoms with Crippen LogP contribution in [0.4, 0.5) is 5.69 Å². The van der Waals surface area contributed by atoms with Crippen LogP contribution in [0.5, 0.6) is 0 Å². The Morgan fingerprint density at radius 1 is 1.11 bits per heavy atom. The molecule has 2 saturated heterocycles. The summed E-state index contributed by atoms with van der Waals surface area (Å²) >= 11 is 0. The molecule has 0 saturated carbocycles. The summed E-state index contributed by atoms with van der Waals surface area (Å²) in [5.74, 6) is 0.334. The van der Waals surface area contributed by atoms with Crippen LogP contribution in [0.1, 0.15) is 19.3 Å². The first kappa shape index (κ1) is 11.7. The summed E-state index contributed by atoms with van der Waals surface area (Å²) in [7, 11) is 2.12. The third kappa shape index (κ3) is 1.83. The van der Waals surface area contributed by atoms with E-state index in [1.54, 1.807) is 0 Å². The summed E-state index contributed by atoms with van der Waals surface area (Å²) in [6, 6.07) is 10.1. The van der Waals surface area contributed by atoms with Crippen molar-refractivity contribution in [3.8, 4) is 0 Å². The summed E-state index contributed by atoms with van der Waals surface area (Å²) in [4.78, 5) is 17.0. The van der Waals surface area contributed by atoms with Crippen molar-refractivity contribution < 1.29 is 4.79 Å². The third-order valence-electron chi connectivity index (χ3n) is 4.35. The minimum Gasteiger partial charge on any atom is -0.312 e. The number of carbonyl (C=O) groups excluding carboxylic acids is 1. The van der Waals surface area contributed by atoms with E-state index >= 15 is 0 Å². The van der Waals surface area contributed by atoms with Crippen molar-refractivity contribution in [3.63, 3.8) is 0 Å².